The average Bonchev–Trinajstić information content (AvgIpc) is 2.33. The molecule has 2 nitrogen and oxygen atoms in total. The molecule has 94 valence electrons. The Morgan fingerprint density at radius 3 is 2.88 bits per heavy atom. The van der Waals surface area contributed by atoms with E-state index in [1.165, 1.54) is 0 Å². The van der Waals surface area contributed by atoms with Gasteiger partial charge in [-0.05, 0) is 25.5 Å². The number of rotatable bonds is 2. The molecule has 0 aliphatic carbocycles. The van der Waals surface area contributed by atoms with E-state index in [4.69, 9.17) is 23.2 Å². The largest absolute Gasteiger partial charge is 0.367 e. The van der Waals surface area contributed by atoms with Crippen molar-refractivity contribution in [3.8, 4) is 0 Å². The molecule has 1 aliphatic heterocycles. The number of anilines is 1. The van der Waals surface area contributed by atoms with E-state index in [1.54, 1.807) is 0 Å². The van der Waals surface area contributed by atoms with Gasteiger partial charge >= 0.3 is 0 Å². The summed E-state index contributed by atoms with van der Waals surface area (Å²) in [5.74, 6) is 0. The second kappa shape index (κ2) is 5.05. The summed E-state index contributed by atoms with van der Waals surface area (Å²) in [4.78, 5) is 2.31. The van der Waals surface area contributed by atoms with Gasteiger partial charge in [0.2, 0.25) is 0 Å². The summed E-state index contributed by atoms with van der Waals surface area (Å²) >= 11 is 12.3. The zero-order valence-electron chi connectivity index (χ0n) is 10.3. The molecule has 1 aromatic carbocycles. The topological polar surface area (TPSA) is 15.3 Å². The van der Waals surface area contributed by atoms with Crippen molar-refractivity contribution in [1.29, 1.82) is 0 Å². The second-order valence-electron chi connectivity index (χ2n) is 4.84. The Hall–Kier alpha value is -0.440. The molecule has 0 radical (unpaired) electrons. The smallest absolute Gasteiger partial charge is 0.0825 e. The van der Waals surface area contributed by atoms with E-state index in [2.05, 4.69) is 24.1 Å². The first-order chi connectivity index (χ1) is 8.06. The van der Waals surface area contributed by atoms with Crippen LogP contribution in [0.4, 0.5) is 5.69 Å². The normalized spacial score (nSPS) is 25.1. The van der Waals surface area contributed by atoms with E-state index in [-0.39, 0.29) is 5.54 Å². The zero-order valence-corrected chi connectivity index (χ0v) is 11.8. The fourth-order valence-electron chi connectivity index (χ4n) is 2.23. The lowest BCUT2D eigenvalue weighted by atomic mass is 9.95. The van der Waals surface area contributed by atoms with E-state index in [0.29, 0.717) is 10.0 Å². The van der Waals surface area contributed by atoms with Crippen LogP contribution in [-0.4, -0.2) is 25.2 Å². The Bertz CT molecular complexity index is 408. The van der Waals surface area contributed by atoms with E-state index in [0.717, 1.165) is 31.7 Å². The van der Waals surface area contributed by atoms with Crippen molar-refractivity contribution in [1.82, 2.24) is 5.32 Å². The molecule has 1 aromatic rings. The first kappa shape index (κ1) is 13.0. The van der Waals surface area contributed by atoms with Crippen LogP contribution in [-0.2, 0) is 0 Å². The van der Waals surface area contributed by atoms with Crippen LogP contribution in [0.3, 0.4) is 0 Å². The lowest BCUT2D eigenvalue weighted by Crippen LogP contribution is -2.58. The van der Waals surface area contributed by atoms with Gasteiger partial charge in [-0.1, -0.05) is 36.2 Å². The van der Waals surface area contributed by atoms with Gasteiger partial charge in [0.05, 0.1) is 15.7 Å². The highest BCUT2D eigenvalue weighted by atomic mass is 35.5. The number of piperazine rings is 1. The van der Waals surface area contributed by atoms with Gasteiger partial charge in [0.25, 0.3) is 0 Å². The SMILES string of the molecule is CCC1(C)CN(c2cccc(Cl)c2Cl)CCN1. The fraction of sp³-hybridized carbons (Fsp3) is 0.538. The van der Waals surface area contributed by atoms with Crippen LogP contribution in [0.1, 0.15) is 20.3 Å². The summed E-state index contributed by atoms with van der Waals surface area (Å²) in [5.41, 5.74) is 1.20. The monoisotopic (exact) mass is 272 g/mol. The van der Waals surface area contributed by atoms with Crippen LogP contribution in [0.5, 0.6) is 0 Å². The second-order valence-corrected chi connectivity index (χ2v) is 5.62. The minimum atomic E-state index is 0.157. The molecule has 1 aliphatic rings. The number of halogens is 2. The Balaban J connectivity index is 2.25. The first-order valence-electron chi connectivity index (χ1n) is 6.00. The zero-order chi connectivity index (χ0) is 12.5. The molecule has 1 saturated heterocycles. The fourth-order valence-corrected chi connectivity index (χ4v) is 2.64. The van der Waals surface area contributed by atoms with Crippen LogP contribution < -0.4 is 10.2 Å². The summed E-state index contributed by atoms with van der Waals surface area (Å²) in [6.45, 7) is 7.36. The summed E-state index contributed by atoms with van der Waals surface area (Å²) in [6, 6.07) is 5.82. The number of hydrogen-bond acceptors (Lipinski definition) is 2. The molecular weight excluding hydrogens is 255 g/mol. The number of hydrogen-bond donors (Lipinski definition) is 1. The third-order valence-corrected chi connectivity index (χ3v) is 4.33. The van der Waals surface area contributed by atoms with Gasteiger partial charge in [-0.3, -0.25) is 0 Å². The first-order valence-corrected chi connectivity index (χ1v) is 6.75. The molecule has 1 N–H and O–H groups in total. The summed E-state index contributed by atoms with van der Waals surface area (Å²) in [7, 11) is 0. The molecule has 0 bridgehead atoms. The molecule has 2 rings (SSSR count). The maximum Gasteiger partial charge on any atom is 0.0825 e. The van der Waals surface area contributed by atoms with E-state index >= 15 is 0 Å². The maximum atomic E-state index is 6.27. The predicted octanol–water partition coefficient (Wildman–Crippen LogP) is 3.57. The van der Waals surface area contributed by atoms with E-state index < -0.39 is 0 Å². The molecule has 4 heteroatoms. The van der Waals surface area contributed by atoms with Crippen molar-refractivity contribution in [3.63, 3.8) is 0 Å². The van der Waals surface area contributed by atoms with Gasteiger partial charge < -0.3 is 10.2 Å². The quantitative estimate of drug-likeness (QED) is 0.886. The standard InChI is InChI=1S/C13H18Cl2N2/c1-3-13(2)9-17(8-7-16-13)11-6-4-5-10(14)12(11)15/h4-6,16H,3,7-9H2,1-2H3. The van der Waals surface area contributed by atoms with Gasteiger partial charge in [-0.15, -0.1) is 0 Å². The van der Waals surface area contributed by atoms with E-state index in [1.807, 2.05) is 18.2 Å². The third kappa shape index (κ3) is 2.70. The molecule has 17 heavy (non-hydrogen) atoms. The third-order valence-electron chi connectivity index (χ3n) is 3.53. The minimum absolute atomic E-state index is 0.157. The van der Waals surface area contributed by atoms with Crippen LogP contribution in [0.2, 0.25) is 10.0 Å². The number of nitrogens with one attached hydrogen (secondary N) is 1. The highest BCUT2D eigenvalue weighted by Crippen LogP contribution is 2.34. The van der Waals surface area contributed by atoms with Crippen molar-refractivity contribution < 1.29 is 0 Å². The molecule has 1 unspecified atom stereocenters. The molecule has 1 fully saturated rings. The molecule has 1 heterocycles. The molecular formula is C13H18Cl2N2. The summed E-state index contributed by atoms with van der Waals surface area (Å²) in [6.07, 6.45) is 1.10. The molecule has 1 atom stereocenters. The Morgan fingerprint density at radius 1 is 1.41 bits per heavy atom. The van der Waals surface area contributed by atoms with Crippen LogP contribution in [0.15, 0.2) is 18.2 Å². The summed E-state index contributed by atoms with van der Waals surface area (Å²) < 4.78 is 0. The van der Waals surface area contributed by atoms with Crippen LogP contribution in [0, 0.1) is 0 Å². The summed E-state index contributed by atoms with van der Waals surface area (Å²) in [5, 5.41) is 4.85. The Kier molecular flexibility index (Phi) is 3.86. The predicted molar refractivity (Wildman–Crippen MR) is 75.4 cm³/mol. The highest BCUT2D eigenvalue weighted by Gasteiger charge is 2.29. The molecule has 0 saturated carbocycles. The van der Waals surface area contributed by atoms with Crippen molar-refractivity contribution in [2.45, 2.75) is 25.8 Å². The van der Waals surface area contributed by atoms with Crippen molar-refractivity contribution >= 4 is 28.9 Å². The number of benzene rings is 1. The van der Waals surface area contributed by atoms with E-state index in [9.17, 15) is 0 Å². The van der Waals surface area contributed by atoms with Crippen molar-refractivity contribution in [2.24, 2.45) is 0 Å². The van der Waals surface area contributed by atoms with Gasteiger partial charge in [0.15, 0.2) is 0 Å². The van der Waals surface area contributed by atoms with Gasteiger partial charge in [0, 0.05) is 25.2 Å². The van der Waals surface area contributed by atoms with Gasteiger partial charge in [0.1, 0.15) is 0 Å². The van der Waals surface area contributed by atoms with Gasteiger partial charge in [-0.25, -0.2) is 0 Å². The van der Waals surface area contributed by atoms with Crippen LogP contribution in [0.25, 0.3) is 0 Å². The van der Waals surface area contributed by atoms with Crippen LogP contribution >= 0.6 is 23.2 Å². The average molecular weight is 273 g/mol. The molecule has 0 amide bonds. The molecule has 0 spiro atoms. The van der Waals surface area contributed by atoms with Gasteiger partial charge in [-0.2, -0.15) is 0 Å². The number of nitrogens with zero attached hydrogens (tertiary/aromatic N) is 1. The Labute approximate surface area is 113 Å². The van der Waals surface area contributed by atoms with Crippen molar-refractivity contribution in [3.05, 3.63) is 28.2 Å². The maximum absolute atomic E-state index is 6.27. The Morgan fingerprint density at radius 2 is 2.18 bits per heavy atom. The minimum Gasteiger partial charge on any atom is -0.367 e. The lowest BCUT2D eigenvalue weighted by molar-refractivity contribution is 0.314. The molecule has 0 aromatic heterocycles. The highest BCUT2D eigenvalue weighted by molar-refractivity contribution is 6.43. The lowest BCUT2D eigenvalue weighted by Gasteiger charge is -2.42. The van der Waals surface area contributed by atoms with Crippen molar-refractivity contribution in [2.75, 3.05) is 24.5 Å².